The van der Waals surface area contributed by atoms with Crippen LogP contribution in [0.25, 0.3) is 0 Å². The lowest BCUT2D eigenvalue weighted by atomic mass is 9.89. The maximum atomic E-state index is 14.8. The molecule has 0 spiro atoms. The summed E-state index contributed by atoms with van der Waals surface area (Å²) in [6.07, 6.45) is -1.11. The number of nitrogens with zero attached hydrogens (tertiary/aromatic N) is 3. The molecule has 103 heavy (non-hydrogen) atoms. The molecule has 0 aromatic heterocycles. The van der Waals surface area contributed by atoms with Gasteiger partial charge in [-0.25, -0.2) is 9.59 Å². The van der Waals surface area contributed by atoms with Crippen LogP contribution in [0.2, 0.25) is 0 Å². The molecule has 0 saturated carbocycles. The molecule has 2 aromatic carbocycles. The number of urea groups is 1. The first-order valence-corrected chi connectivity index (χ1v) is 36.2. The number of carbonyl (C=O) groups excluding carboxylic acids is 9. The fourth-order valence-electron chi connectivity index (χ4n) is 12.1. The second-order valence-corrected chi connectivity index (χ2v) is 27.0. The number of nitrogens with one attached hydrogen (secondary N) is 6. The zero-order valence-electron chi connectivity index (χ0n) is 63.4. The van der Waals surface area contributed by atoms with Gasteiger partial charge in [0.15, 0.2) is 0 Å². The highest BCUT2D eigenvalue weighted by molar-refractivity contribution is 5.98. The maximum Gasteiger partial charge on any atom is 0.410 e. The van der Waals surface area contributed by atoms with Crippen LogP contribution in [0.15, 0.2) is 54.6 Å². The van der Waals surface area contributed by atoms with Gasteiger partial charge in [0.1, 0.15) is 30.8 Å². The summed E-state index contributed by atoms with van der Waals surface area (Å²) >= 11 is 0. The topological polar surface area (TPSA) is 391 Å². The van der Waals surface area contributed by atoms with Crippen LogP contribution in [0.5, 0.6) is 0 Å². The third-order valence-electron chi connectivity index (χ3n) is 18.1. The minimum Gasteiger partial charge on any atom is -0.445 e. The Hall–Kier alpha value is -7.13. The Morgan fingerprint density at radius 3 is 1.72 bits per heavy atom. The van der Waals surface area contributed by atoms with E-state index in [1.807, 2.05) is 32.0 Å². The van der Waals surface area contributed by atoms with E-state index < -0.39 is 120 Å². The standard InChI is InChI=1S/C73H123N11O19/c1-15-50(8)64(58(95-13)45-60(86)84-32-20-24-57(84)66(96-14)51(9)67(88)77-52(10)65(87)54-21-17-16-18-22-54)82(11)71(92)62(48(4)5)81-70(91)63(49(6)7)83(12)73(94)103-46-53-25-27-55(28-26-53)78-68(89)56(23-19-31-76-72(75)93)79-69(90)61(47(2)3)80-59(85)29-33-97-35-37-99-39-41-101-43-44-102-42-40-100-38-36-98-34-30-74/h16-18,21-22,25-28,47-52,56-58,61-66,87H,15,19-20,23-24,29-46,74H2,1-14H3,(H,77,88)(H,78,89)(H,79,90)(H,80,85)(H,81,91)(H3,75,76,93)/t50-,51+,52+,56-,57-,58+,61-,62-,63-,64-,65+,66?/m0/s1. The maximum absolute atomic E-state index is 14.8. The van der Waals surface area contributed by atoms with E-state index in [1.165, 1.54) is 26.2 Å². The Labute approximate surface area is 609 Å². The zero-order chi connectivity index (χ0) is 76.6. The van der Waals surface area contributed by atoms with Gasteiger partial charge in [-0.3, -0.25) is 38.5 Å². The fraction of sp³-hybridized carbons (Fsp3) is 0.712. The number of hydrogen-bond acceptors (Lipinski definition) is 20. The molecular weight excluding hydrogens is 1330 g/mol. The Morgan fingerprint density at radius 1 is 0.641 bits per heavy atom. The van der Waals surface area contributed by atoms with Gasteiger partial charge in [0.2, 0.25) is 41.4 Å². The number of hydrogen-bond donors (Lipinski definition) is 9. The molecular formula is C73H123N11O19. The number of anilines is 1. The Bertz CT molecular complexity index is 2830. The van der Waals surface area contributed by atoms with Crippen molar-refractivity contribution in [3.63, 3.8) is 0 Å². The average molecular weight is 1460 g/mol. The summed E-state index contributed by atoms with van der Waals surface area (Å²) in [5.74, 6) is -5.32. The van der Waals surface area contributed by atoms with Crippen LogP contribution in [0.1, 0.15) is 131 Å². The largest absolute Gasteiger partial charge is 0.445 e. The molecule has 10 amide bonds. The highest BCUT2D eigenvalue weighted by Crippen LogP contribution is 2.31. The van der Waals surface area contributed by atoms with Crippen LogP contribution >= 0.6 is 0 Å². The number of rotatable bonds is 52. The van der Waals surface area contributed by atoms with E-state index in [9.17, 15) is 48.3 Å². The number of benzene rings is 2. The number of ether oxygens (including phenoxy) is 9. The quantitative estimate of drug-likeness (QED) is 0.0422. The summed E-state index contributed by atoms with van der Waals surface area (Å²) in [4.78, 5) is 128. The predicted octanol–water partition coefficient (Wildman–Crippen LogP) is 4.04. The summed E-state index contributed by atoms with van der Waals surface area (Å²) in [6, 6.07) is 8.77. The normalized spacial score (nSPS) is 16.3. The summed E-state index contributed by atoms with van der Waals surface area (Å²) < 4.78 is 50.5. The average Bonchev–Trinajstić information content (AvgIpc) is 1.80. The van der Waals surface area contributed by atoms with Crippen molar-refractivity contribution in [2.75, 3.05) is 133 Å². The van der Waals surface area contributed by atoms with Crippen molar-refractivity contribution in [3.05, 3.63) is 65.7 Å². The monoisotopic (exact) mass is 1460 g/mol. The Morgan fingerprint density at radius 2 is 1.20 bits per heavy atom. The number of nitrogens with two attached hydrogens (primary N) is 2. The molecule has 1 aliphatic heterocycles. The van der Waals surface area contributed by atoms with Crippen LogP contribution in [0.3, 0.4) is 0 Å². The lowest BCUT2D eigenvalue weighted by molar-refractivity contribution is -0.148. The molecule has 0 radical (unpaired) electrons. The van der Waals surface area contributed by atoms with Gasteiger partial charge in [-0.05, 0) is 79.5 Å². The summed E-state index contributed by atoms with van der Waals surface area (Å²) in [6.45, 7) is 23.3. The number of aliphatic hydroxyl groups is 1. The van der Waals surface area contributed by atoms with Gasteiger partial charge >= 0.3 is 12.1 Å². The van der Waals surface area contributed by atoms with E-state index in [4.69, 9.17) is 54.1 Å². The first-order valence-electron chi connectivity index (χ1n) is 36.2. The lowest BCUT2D eigenvalue weighted by Crippen LogP contribution is -2.60. The number of primary amides is 1. The van der Waals surface area contributed by atoms with E-state index in [2.05, 4.69) is 31.9 Å². The van der Waals surface area contributed by atoms with Gasteiger partial charge in [-0.15, -0.1) is 0 Å². The van der Waals surface area contributed by atoms with Crippen LogP contribution in [-0.2, 0) is 82.8 Å². The molecule has 1 aliphatic rings. The highest BCUT2D eigenvalue weighted by Gasteiger charge is 2.44. The van der Waals surface area contributed by atoms with E-state index in [0.717, 1.165) is 0 Å². The highest BCUT2D eigenvalue weighted by atomic mass is 16.6. The molecule has 584 valence electrons. The zero-order valence-corrected chi connectivity index (χ0v) is 63.4. The van der Waals surface area contributed by atoms with Gasteiger partial charge in [0, 0.05) is 60.1 Å². The molecule has 12 atom stereocenters. The number of likely N-dealkylation sites (N-methyl/N-ethyl adjacent to an activating group) is 2. The van der Waals surface area contributed by atoms with Crippen LogP contribution in [-0.4, -0.2) is 255 Å². The van der Waals surface area contributed by atoms with Gasteiger partial charge < -0.3 is 101 Å². The van der Waals surface area contributed by atoms with Crippen molar-refractivity contribution in [1.82, 2.24) is 41.3 Å². The first-order chi connectivity index (χ1) is 49.1. The molecule has 2 aromatic rings. The molecule has 11 N–H and O–H groups in total. The Balaban J connectivity index is 1.58. The fourth-order valence-corrected chi connectivity index (χ4v) is 12.1. The van der Waals surface area contributed by atoms with Crippen LogP contribution in [0, 0.1) is 29.6 Å². The van der Waals surface area contributed by atoms with Crippen LogP contribution in [0.4, 0.5) is 15.3 Å². The van der Waals surface area contributed by atoms with Gasteiger partial charge in [-0.1, -0.05) is 111 Å². The van der Waals surface area contributed by atoms with Gasteiger partial charge in [0.05, 0.1) is 128 Å². The molecule has 0 aliphatic carbocycles. The van der Waals surface area contributed by atoms with Crippen molar-refractivity contribution in [1.29, 1.82) is 0 Å². The second kappa shape index (κ2) is 49.6. The minimum absolute atomic E-state index is 0.0430. The van der Waals surface area contributed by atoms with Crippen molar-refractivity contribution in [2.24, 2.45) is 41.1 Å². The van der Waals surface area contributed by atoms with E-state index in [1.54, 1.807) is 109 Å². The molecule has 3 rings (SSSR count). The number of amides is 10. The number of carbonyl (C=O) groups is 9. The summed E-state index contributed by atoms with van der Waals surface area (Å²) in [7, 11) is 6.09. The number of likely N-dealkylation sites (tertiary alicyclic amines) is 1. The molecule has 1 unspecified atom stereocenters. The molecule has 30 nitrogen and oxygen atoms in total. The SMILES string of the molecule is CC[C@H](C)[C@@H]([C@@H](CC(=O)N1CCC[C@H]1C(OC)[C@@H](C)C(=O)N[C@H](C)[C@@H](O)c1ccccc1)OC)N(C)C(=O)[C@@H](NC(=O)[C@H](C(C)C)N(C)C(=O)OCc1ccc(NC(=O)[C@H](CCCNC(N)=O)NC(=O)[C@@H](NC(=O)CCOCCOCCOCCOCCOCCOCCN)C(C)C)cc1)C(C)C. The van der Waals surface area contributed by atoms with E-state index >= 15 is 0 Å². The summed E-state index contributed by atoms with van der Waals surface area (Å²) in [5, 5.41) is 27.7. The number of methoxy groups -OCH3 is 2. The minimum atomic E-state index is -1.11. The summed E-state index contributed by atoms with van der Waals surface area (Å²) in [5.41, 5.74) is 12.2. The van der Waals surface area contributed by atoms with Crippen molar-refractivity contribution in [3.8, 4) is 0 Å². The van der Waals surface area contributed by atoms with E-state index in [0.29, 0.717) is 109 Å². The van der Waals surface area contributed by atoms with Gasteiger partial charge in [-0.2, -0.15) is 0 Å². The third-order valence-corrected chi connectivity index (χ3v) is 18.1. The Kier molecular flexibility index (Phi) is 43.3. The first kappa shape index (κ1) is 90.1. The molecule has 30 heteroatoms. The van der Waals surface area contributed by atoms with Crippen molar-refractivity contribution in [2.45, 2.75) is 181 Å². The lowest BCUT2D eigenvalue weighted by Gasteiger charge is -2.41. The third kappa shape index (κ3) is 32.0. The molecule has 1 saturated heterocycles. The molecule has 1 heterocycles. The number of aliphatic hydroxyl groups excluding tert-OH is 1. The van der Waals surface area contributed by atoms with E-state index in [-0.39, 0.29) is 82.3 Å². The van der Waals surface area contributed by atoms with Crippen molar-refractivity contribution < 1.29 is 90.9 Å². The van der Waals surface area contributed by atoms with Crippen molar-refractivity contribution >= 4 is 59.2 Å². The molecule has 0 bridgehead atoms. The van der Waals surface area contributed by atoms with Crippen LogP contribution < -0.4 is 43.4 Å². The predicted molar refractivity (Wildman–Crippen MR) is 388 cm³/mol. The van der Waals surface area contributed by atoms with Gasteiger partial charge in [0.25, 0.3) is 0 Å². The molecule has 1 fully saturated rings. The second-order valence-electron chi connectivity index (χ2n) is 27.0. The smallest absolute Gasteiger partial charge is 0.410 e.